The summed E-state index contributed by atoms with van der Waals surface area (Å²) in [5, 5.41) is 0. The first-order chi connectivity index (χ1) is 4.68. The van der Waals surface area contributed by atoms with E-state index in [-0.39, 0.29) is 4.69 Å². The van der Waals surface area contributed by atoms with Gasteiger partial charge in [0.2, 0.25) is 4.69 Å². The molecule has 1 heterocycles. The minimum atomic E-state index is -0.0538. The summed E-state index contributed by atoms with van der Waals surface area (Å²) in [5.74, 6) is 1.54. The molecule has 0 radical (unpaired) electrons. The molecule has 0 spiro atoms. The van der Waals surface area contributed by atoms with Gasteiger partial charge >= 0.3 is 0 Å². The van der Waals surface area contributed by atoms with Crippen LogP contribution in [0.15, 0.2) is 16.5 Å². The zero-order valence-corrected chi connectivity index (χ0v) is 7.14. The SMILES string of the molecule is Cc1ccc(CC(=O)Br)o1. The average molecular weight is 203 g/mol. The zero-order chi connectivity index (χ0) is 7.56. The number of hydrogen-bond donors (Lipinski definition) is 0. The predicted molar refractivity (Wildman–Crippen MR) is 41.1 cm³/mol. The van der Waals surface area contributed by atoms with E-state index in [1.165, 1.54) is 0 Å². The number of halogens is 1. The minimum Gasteiger partial charge on any atom is -0.466 e. The van der Waals surface area contributed by atoms with E-state index in [1.807, 2.05) is 13.0 Å². The Balaban J connectivity index is 2.67. The van der Waals surface area contributed by atoms with Gasteiger partial charge in [-0.3, -0.25) is 4.79 Å². The van der Waals surface area contributed by atoms with E-state index in [2.05, 4.69) is 15.9 Å². The van der Waals surface area contributed by atoms with E-state index in [0.29, 0.717) is 12.2 Å². The van der Waals surface area contributed by atoms with Gasteiger partial charge in [-0.25, -0.2) is 0 Å². The van der Waals surface area contributed by atoms with Crippen LogP contribution in [0.25, 0.3) is 0 Å². The van der Waals surface area contributed by atoms with Crippen molar-refractivity contribution in [1.82, 2.24) is 0 Å². The van der Waals surface area contributed by atoms with Gasteiger partial charge in [0.25, 0.3) is 0 Å². The summed E-state index contributed by atoms with van der Waals surface area (Å²) in [5.41, 5.74) is 0. The molecule has 1 aromatic rings. The molecule has 0 unspecified atom stereocenters. The van der Waals surface area contributed by atoms with E-state index in [4.69, 9.17) is 4.42 Å². The second-order valence-corrected chi connectivity index (χ2v) is 2.93. The maximum absolute atomic E-state index is 10.5. The van der Waals surface area contributed by atoms with E-state index in [1.54, 1.807) is 6.07 Å². The summed E-state index contributed by atoms with van der Waals surface area (Å²) in [6, 6.07) is 3.64. The number of furan rings is 1. The van der Waals surface area contributed by atoms with Crippen LogP contribution in [0.4, 0.5) is 0 Å². The van der Waals surface area contributed by atoms with Crippen LogP contribution in [-0.2, 0) is 11.2 Å². The Morgan fingerprint density at radius 3 is 2.80 bits per heavy atom. The maximum atomic E-state index is 10.5. The first kappa shape index (κ1) is 7.54. The van der Waals surface area contributed by atoms with Gasteiger partial charge in [0, 0.05) is 0 Å². The normalized spacial score (nSPS) is 9.80. The molecule has 54 valence electrons. The number of carbonyl (C=O) groups excluding carboxylic acids is 1. The van der Waals surface area contributed by atoms with E-state index >= 15 is 0 Å². The van der Waals surface area contributed by atoms with Gasteiger partial charge in [-0.2, -0.15) is 0 Å². The number of aryl methyl sites for hydroxylation is 1. The largest absolute Gasteiger partial charge is 0.466 e. The van der Waals surface area contributed by atoms with Crippen LogP contribution < -0.4 is 0 Å². The quantitative estimate of drug-likeness (QED) is 0.688. The molecule has 0 aliphatic carbocycles. The summed E-state index contributed by atoms with van der Waals surface area (Å²) >= 11 is 2.82. The monoisotopic (exact) mass is 202 g/mol. The van der Waals surface area contributed by atoms with Crippen molar-refractivity contribution in [2.45, 2.75) is 13.3 Å². The summed E-state index contributed by atoms with van der Waals surface area (Å²) in [4.78, 5) is 10.5. The van der Waals surface area contributed by atoms with Gasteiger partial charge < -0.3 is 4.42 Å². The highest BCUT2D eigenvalue weighted by molar-refractivity contribution is 9.18. The highest BCUT2D eigenvalue weighted by Crippen LogP contribution is 2.08. The number of rotatable bonds is 2. The van der Waals surface area contributed by atoms with E-state index in [0.717, 1.165) is 5.76 Å². The van der Waals surface area contributed by atoms with E-state index in [9.17, 15) is 4.79 Å². The average Bonchev–Trinajstić information content (AvgIpc) is 2.13. The summed E-state index contributed by atoms with van der Waals surface area (Å²) in [6.07, 6.45) is 0.327. The Kier molecular flexibility index (Phi) is 2.27. The molecule has 0 saturated heterocycles. The fraction of sp³-hybridized carbons (Fsp3) is 0.286. The fourth-order valence-corrected chi connectivity index (χ4v) is 0.993. The molecule has 1 aromatic heterocycles. The first-order valence-electron chi connectivity index (χ1n) is 2.92. The Labute approximate surface area is 67.3 Å². The molecule has 0 aliphatic rings. The topological polar surface area (TPSA) is 30.2 Å². The Morgan fingerprint density at radius 1 is 1.70 bits per heavy atom. The standard InChI is InChI=1S/C7H7BrO2/c1-5-2-3-6(10-5)4-7(8)9/h2-3H,4H2,1H3. The van der Waals surface area contributed by atoms with Crippen LogP contribution in [0.2, 0.25) is 0 Å². The number of hydrogen-bond acceptors (Lipinski definition) is 2. The van der Waals surface area contributed by atoms with Crippen molar-refractivity contribution < 1.29 is 9.21 Å². The highest BCUT2D eigenvalue weighted by Gasteiger charge is 2.01. The van der Waals surface area contributed by atoms with Gasteiger partial charge in [0.1, 0.15) is 11.5 Å². The van der Waals surface area contributed by atoms with Gasteiger partial charge in [-0.15, -0.1) is 0 Å². The van der Waals surface area contributed by atoms with Crippen molar-refractivity contribution in [2.75, 3.05) is 0 Å². The second kappa shape index (κ2) is 3.01. The molecular weight excluding hydrogens is 196 g/mol. The van der Waals surface area contributed by atoms with Crippen molar-refractivity contribution in [1.29, 1.82) is 0 Å². The lowest BCUT2D eigenvalue weighted by Gasteiger charge is -1.86. The van der Waals surface area contributed by atoms with Gasteiger partial charge in [-0.1, -0.05) is 0 Å². The molecule has 0 aromatic carbocycles. The lowest BCUT2D eigenvalue weighted by Crippen LogP contribution is -1.89. The summed E-state index contributed by atoms with van der Waals surface area (Å²) in [6.45, 7) is 1.85. The molecule has 0 aliphatic heterocycles. The van der Waals surface area contributed by atoms with Crippen LogP contribution in [0, 0.1) is 6.92 Å². The van der Waals surface area contributed by atoms with Crippen LogP contribution >= 0.6 is 15.9 Å². The lowest BCUT2D eigenvalue weighted by molar-refractivity contribution is -0.110. The van der Waals surface area contributed by atoms with Gasteiger partial charge in [-0.05, 0) is 35.0 Å². The Hall–Kier alpha value is -0.570. The van der Waals surface area contributed by atoms with Crippen molar-refractivity contribution in [3.8, 4) is 0 Å². The van der Waals surface area contributed by atoms with Crippen molar-refractivity contribution in [3.63, 3.8) is 0 Å². The molecule has 3 heteroatoms. The predicted octanol–water partition coefficient (Wildman–Crippen LogP) is 2.05. The summed E-state index contributed by atoms with van der Waals surface area (Å²) < 4.78 is 5.09. The fourth-order valence-electron chi connectivity index (χ4n) is 0.717. The third-order valence-electron chi connectivity index (χ3n) is 1.11. The maximum Gasteiger partial charge on any atom is 0.205 e. The Bertz CT molecular complexity index is 240. The van der Waals surface area contributed by atoms with Gasteiger partial charge in [0.15, 0.2) is 0 Å². The van der Waals surface area contributed by atoms with Crippen LogP contribution in [0.3, 0.4) is 0 Å². The molecule has 10 heavy (non-hydrogen) atoms. The Morgan fingerprint density at radius 2 is 2.40 bits per heavy atom. The molecular formula is C7H7BrO2. The highest BCUT2D eigenvalue weighted by atomic mass is 79.9. The molecule has 0 bridgehead atoms. The smallest absolute Gasteiger partial charge is 0.205 e. The van der Waals surface area contributed by atoms with Crippen LogP contribution in [0.1, 0.15) is 11.5 Å². The molecule has 0 saturated carbocycles. The molecule has 0 N–H and O–H groups in total. The van der Waals surface area contributed by atoms with Crippen molar-refractivity contribution in [3.05, 3.63) is 23.7 Å². The minimum absolute atomic E-state index is 0.0538. The van der Waals surface area contributed by atoms with E-state index < -0.39 is 0 Å². The van der Waals surface area contributed by atoms with Crippen molar-refractivity contribution in [2.24, 2.45) is 0 Å². The lowest BCUT2D eigenvalue weighted by atomic mass is 10.3. The molecule has 1 rings (SSSR count). The van der Waals surface area contributed by atoms with Crippen molar-refractivity contribution >= 4 is 20.6 Å². The van der Waals surface area contributed by atoms with Crippen LogP contribution in [-0.4, -0.2) is 4.69 Å². The third kappa shape index (κ3) is 1.99. The molecule has 0 amide bonds. The van der Waals surface area contributed by atoms with Crippen LogP contribution in [0.5, 0.6) is 0 Å². The molecule has 0 fully saturated rings. The molecule has 0 atom stereocenters. The number of carbonyl (C=O) groups is 1. The zero-order valence-electron chi connectivity index (χ0n) is 5.56. The first-order valence-corrected chi connectivity index (χ1v) is 3.71. The third-order valence-corrected chi connectivity index (χ3v) is 1.39. The second-order valence-electron chi connectivity index (χ2n) is 2.04. The summed E-state index contributed by atoms with van der Waals surface area (Å²) in [7, 11) is 0. The van der Waals surface area contributed by atoms with Gasteiger partial charge in [0.05, 0.1) is 6.42 Å². The molecule has 2 nitrogen and oxygen atoms in total.